The Morgan fingerprint density at radius 3 is 2.04 bits per heavy atom. The van der Waals surface area contributed by atoms with Crippen LogP contribution < -0.4 is 5.73 Å². The molecular weight excluding hydrogens is 280 g/mol. The van der Waals surface area contributed by atoms with Crippen LogP contribution in [0.3, 0.4) is 0 Å². The predicted octanol–water partition coefficient (Wildman–Crippen LogP) is 3.51. The van der Waals surface area contributed by atoms with Crippen LogP contribution in [0.5, 0.6) is 0 Å². The monoisotopic (exact) mass is 308 g/mol. The Bertz CT molecular complexity index is 559. The van der Waals surface area contributed by atoms with Crippen molar-refractivity contribution in [1.29, 1.82) is 0 Å². The molecule has 1 aliphatic heterocycles. The molecule has 1 saturated heterocycles. The molecule has 2 aromatic carbocycles. The van der Waals surface area contributed by atoms with Gasteiger partial charge in [-0.1, -0.05) is 60.7 Å². The Labute approximate surface area is 140 Å². The highest BCUT2D eigenvalue weighted by molar-refractivity contribution is 5.16. The standard InChI is InChI=1S/C21H28N2/c22-21(16-19-9-5-2-6-10-19)17-23-13-11-20(12-14-23)15-18-7-3-1-4-8-18/h1-10,20-21H,11-17,22H2/t21-/m0/s1. The van der Waals surface area contributed by atoms with Gasteiger partial charge in [-0.3, -0.25) is 0 Å². The highest BCUT2D eigenvalue weighted by Gasteiger charge is 2.20. The van der Waals surface area contributed by atoms with Crippen molar-refractivity contribution in [2.24, 2.45) is 11.7 Å². The van der Waals surface area contributed by atoms with Crippen LogP contribution in [0, 0.1) is 5.92 Å². The maximum absolute atomic E-state index is 6.35. The fraction of sp³-hybridized carbons (Fsp3) is 0.429. The Morgan fingerprint density at radius 1 is 0.870 bits per heavy atom. The summed E-state index contributed by atoms with van der Waals surface area (Å²) in [6, 6.07) is 21.7. The molecule has 1 fully saturated rings. The van der Waals surface area contributed by atoms with Crippen LogP contribution >= 0.6 is 0 Å². The molecule has 3 rings (SSSR count). The van der Waals surface area contributed by atoms with Crippen molar-refractivity contribution < 1.29 is 0 Å². The largest absolute Gasteiger partial charge is 0.326 e. The average molecular weight is 308 g/mol. The van der Waals surface area contributed by atoms with Crippen LogP contribution in [-0.4, -0.2) is 30.6 Å². The first kappa shape index (κ1) is 16.2. The summed E-state index contributed by atoms with van der Waals surface area (Å²) in [7, 11) is 0. The van der Waals surface area contributed by atoms with E-state index in [4.69, 9.17) is 5.73 Å². The number of piperidine rings is 1. The maximum Gasteiger partial charge on any atom is 0.0208 e. The Morgan fingerprint density at radius 2 is 1.43 bits per heavy atom. The second kappa shape index (κ2) is 8.28. The minimum Gasteiger partial charge on any atom is -0.326 e. The van der Waals surface area contributed by atoms with E-state index in [2.05, 4.69) is 65.6 Å². The third kappa shape index (κ3) is 5.19. The van der Waals surface area contributed by atoms with Crippen LogP contribution in [0.25, 0.3) is 0 Å². The van der Waals surface area contributed by atoms with Gasteiger partial charge < -0.3 is 10.6 Å². The lowest BCUT2D eigenvalue weighted by Gasteiger charge is -2.33. The SMILES string of the molecule is N[C@@H](Cc1ccccc1)CN1CCC(Cc2ccccc2)CC1. The Hall–Kier alpha value is -1.64. The summed E-state index contributed by atoms with van der Waals surface area (Å²) in [5.74, 6) is 0.832. The van der Waals surface area contributed by atoms with Crippen molar-refractivity contribution in [3.63, 3.8) is 0 Å². The van der Waals surface area contributed by atoms with Gasteiger partial charge in [0.25, 0.3) is 0 Å². The summed E-state index contributed by atoms with van der Waals surface area (Å²) in [5, 5.41) is 0. The molecule has 1 heterocycles. The zero-order valence-electron chi connectivity index (χ0n) is 13.9. The quantitative estimate of drug-likeness (QED) is 0.885. The van der Waals surface area contributed by atoms with E-state index in [0.717, 1.165) is 18.9 Å². The lowest BCUT2D eigenvalue weighted by molar-refractivity contribution is 0.175. The Kier molecular flexibility index (Phi) is 5.84. The summed E-state index contributed by atoms with van der Waals surface area (Å²) in [4.78, 5) is 2.55. The zero-order chi connectivity index (χ0) is 15.9. The maximum atomic E-state index is 6.35. The van der Waals surface area contributed by atoms with Crippen LogP contribution in [0.15, 0.2) is 60.7 Å². The van der Waals surface area contributed by atoms with Crippen molar-refractivity contribution in [2.75, 3.05) is 19.6 Å². The van der Waals surface area contributed by atoms with Gasteiger partial charge in [-0.2, -0.15) is 0 Å². The van der Waals surface area contributed by atoms with E-state index in [-0.39, 0.29) is 6.04 Å². The minimum atomic E-state index is 0.239. The molecule has 0 saturated carbocycles. The fourth-order valence-electron chi connectivity index (χ4n) is 3.63. The van der Waals surface area contributed by atoms with Crippen LogP contribution in [0.1, 0.15) is 24.0 Å². The van der Waals surface area contributed by atoms with Gasteiger partial charge >= 0.3 is 0 Å². The second-order valence-electron chi connectivity index (χ2n) is 6.88. The van der Waals surface area contributed by atoms with Gasteiger partial charge in [0.1, 0.15) is 0 Å². The molecule has 1 atom stereocenters. The van der Waals surface area contributed by atoms with Crippen molar-refractivity contribution in [1.82, 2.24) is 4.90 Å². The summed E-state index contributed by atoms with van der Waals surface area (Å²) in [5.41, 5.74) is 9.18. The predicted molar refractivity (Wildman–Crippen MR) is 97.4 cm³/mol. The van der Waals surface area contributed by atoms with Gasteiger partial charge in [-0.15, -0.1) is 0 Å². The summed E-state index contributed by atoms with van der Waals surface area (Å²) < 4.78 is 0. The number of hydrogen-bond acceptors (Lipinski definition) is 2. The molecule has 2 aromatic rings. The number of nitrogens with zero attached hydrogens (tertiary/aromatic N) is 1. The van der Waals surface area contributed by atoms with E-state index in [9.17, 15) is 0 Å². The minimum absolute atomic E-state index is 0.239. The van der Waals surface area contributed by atoms with Crippen molar-refractivity contribution in [3.05, 3.63) is 71.8 Å². The van der Waals surface area contributed by atoms with Gasteiger partial charge in [0.05, 0.1) is 0 Å². The third-order valence-corrected chi connectivity index (χ3v) is 4.91. The number of hydrogen-bond donors (Lipinski definition) is 1. The van der Waals surface area contributed by atoms with Crippen molar-refractivity contribution >= 4 is 0 Å². The molecule has 0 bridgehead atoms. The first-order valence-electron chi connectivity index (χ1n) is 8.85. The molecule has 0 aliphatic carbocycles. The van der Waals surface area contributed by atoms with Gasteiger partial charge in [-0.25, -0.2) is 0 Å². The first-order valence-corrected chi connectivity index (χ1v) is 8.85. The normalized spacial score (nSPS) is 18.0. The first-order chi connectivity index (χ1) is 11.3. The van der Waals surface area contributed by atoms with E-state index in [1.54, 1.807) is 0 Å². The van der Waals surface area contributed by atoms with Crippen LogP contribution in [0.4, 0.5) is 0 Å². The van der Waals surface area contributed by atoms with E-state index in [1.165, 1.54) is 43.5 Å². The highest BCUT2D eigenvalue weighted by atomic mass is 15.1. The molecule has 2 N–H and O–H groups in total. The number of rotatable bonds is 6. The fourth-order valence-corrected chi connectivity index (χ4v) is 3.63. The summed E-state index contributed by atoms with van der Waals surface area (Å²) >= 11 is 0. The highest BCUT2D eigenvalue weighted by Crippen LogP contribution is 2.21. The zero-order valence-corrected chi connectivity index (χ0v) is 13.9. The number of likely N-dealkylation sites (tertiary alicyclic amines) is 1. The van der Waals surface area contributed by atoms with Gasteiger partial charge in [0, 0.05) is 12.6 Å². The smallest absolute Gasteiger partial charge is 0.0208 e. The lowest BCUT2D eigenvalue weighted by atomic mass is 9.90. The molecular formula is C21H28N2. The van der Waals surface area contributed by atoms with Crippen LogP contribution in [0.2, 0.25) is 0 Å². The molecule has 0 amide bonds. The molecule has 23 heavy (non-hydrogen) atoms. The summed E-state index contributed by atoms with van der Waals surface area (Å²) in [6.45, 7) is 3.41. The van der Waals surface area contributed by atoms with E-state index in [1.807, 2.05) is 0 Å². The summed E-state index contributed by atoms with van der Waals surface area (Å²) in [6.07, 6.45) is 4.80. The van der Waals surface area contributed by atoms with Crippen molar-refractivity contribution in [2.45, 2.75) is 31.7 Å². The van der Waals surface area contributed by atoms with Crippen molar-refractivity contribution in [3.8, 4) is 0 Å². The topological polar surface area (TPSA) is 29.3 Å². The second-order valence-corrected chi connectivity index (χ2v) is 6.88. The molecule has 0 spiro atoms. The third-order valence-electron chi connectivity index (χ3n) is 4.91. The van der Waals surface area contributed by atoms with Gasteiger partial charge in [-0.05, 0) is 55.8 Å². The van der Waals surface area contributed by atoms with E-state index in [0.29, 0.717) is 0 Å². The average Bonchev–Trinajstić information content (AvgIpc) is 2.58. The van der Waals surface area contributed by atoms with Gasteiger partial charge in [0.2, 0.25) is 0 Å². The molecule has 2 heteroatoms. The number of benzene rings is 2. The van der Waals surface area contributed by atoms with E-state index >= 15 is 0 Å². The molecule has 0 aromatic heterocycles. The molecule has 0 radical (unpaired) electrons. The lowest BCUT2D eigenvalue weighted by Crippen LogP contribution is -2.43. The number of nitrogens with two attached hydrogens (primary N) is 1. The van der Waals surface area contributed by atoms with Crippen LogP contribution in [-0.2, 0) is 12.8 Å². The molecule has 0 unspecified atom stereocenters. The molecule has 2 nitrogen and oxygen atoms in total. The van der Waals surface area contributed by atoms with E-state index < -0.39 is 0 Å². The molecule has 122 valence electrons. The molecule has 1 aliphatic rings. The van der Waals surface area contributed by atoms with Gasteiger partial charge in [0.15, 0.2) is 0 Å². The Balaban J connectivity index is 1.40.